The van der Waals surface area contributed by atoms with Crippen molar-refractivity contribution in [2.45, 2.75) is 37.1 Å². The highest BCUT2D eigenvalue weighted by Gasteiger charge is 2.17. The molecule has 4 heterocycles. The number of carbonyl (C=O) groups is 1. The van der Waals surface area contributed by atoms with Gasteiger partial charge in [-0.1, -0.05) is 23.1 Å². The minimum absolute atomic E-state index is 0.118. The number of ether oxygens (including phenoxy) is 1. The van der Waals surface area contributed by atoms with E-state index in [9.17, 15) is 9.59 Å². The Bertz CT molecular complexity index is 1090. The molecule has 1 atom stereocenters. The fourth-order valence-corrected chi connectivity index (χ4v) is 5.49. The average molecular weight is 453 g/mol. The molecule has 1 aliphatic heterocycles. The highest BCUT2D eigenvalue weighted by molar-refractivity contribution is 8.01. The Kier molecular flexibility index (Phi) is 6.13. The first-order valence-electron chi connectivity index (χ1n) is 9.10. The summed E-state index contributed by atoms with van der Waals surface area (Å²) in [5.41, 5.74) is 3.22. The number of nitrogens with zero attached hydrogens (tertiary/aromatic N) is 4. The highest BCUT2D eigenvalue weighted by Crippen LogP contribution is 2.26. The van der Waals surface area contributed by atoms with E-state index in [-0.39, 0.29) is 23.3 Å². The number of carbonyl (C=O) groups excluding carboxylic acids is 1. The zero-order valence-electron chi connectivity index (χ0n) is 15.9. The van der Waals surface area contributed by atoms with Crippen molar-refractivity contribution in [3.05, 3.63) is 27.1 Å². The van der Waals surface area contributed by atoms with Gasteiger partial charge in [0.15, 0.2) is 4.34 Å². The molecule has 12 heteroatoms. The van der Waals surface area contributed by atoms with Gasteiger partial charge in [0.1, 0.15) is 11.2 Å². The first kappa shape index (κ1) is 20.3. The maximum Gasteiger partial charge on any atom is 0.281 e. The third kappa shape index (κ3) is 4.60. The SMILES string of the molecule is Cc1sc2ncn(NC(=O)CSc3nnc(NC[C@H]4CCCO4)s3)c(=O)c2c1C. The van der Waals surface area contributed by atoms with Crippen LogP contribution in [0.2, 0.25) is 0 Å². The number of nitrogens with one attached hydrogen (secondary N) is 2. The molecule has 0 aromatic carbocycles. The summed E-state index contributed by atoms with van der Waals surface area (Å²) >= 11 is 4.13. The third-order valence-corrected chi connectivity index (χ3v) is 7.70. The number of amides is 1. The molecule has 9 nitrogen and oxygen atoms in total. The molecule has 29 heavy (non-hydrogen) atoms. The first-order chi connectivity index (χ1) is 14.0. The number of hydrogen-bond acceptors (Lipinski definition) is 10. The second-order valence-corrected chi connectivity index (χ2v) is 10.00. The molecule has 0 unspecified atom stereocenters. The van der Waals surface area contributed by atoms with Crippen LogP contribution >= 0.6 is 34.4 Å². The minimum atomic E-state index is -0.313. The van der Waals surface area contributed by atoms with Crippen LogP contribution in [0.25, 0.3) is 10.2 Å². The smallest absolute Gasteiger partial charge is 0.281 e. The molecule has 0 spiro atoms. The van der Waals surface area contributed by atoms with Crippen LogP contribution in [0.15, 0.2) is 15.5 Å². The van der Waals surface area contributed by atoms with Crippen LogP contribution in [0, 0.1) is 13.8 Å². The molecule has 0 saturated carbocycles. The van der Waals surface area contributed by atoms with Gasteiger partial charge in [0, 0.05) is 18.0 Å². The number of rotatable bonds is 7. The molecule has 1 fully saturated rings. The van der Waals surface area contributed by atoms with Crippen LogP contribution in [0.1, 0.15) is 23.3 Å². The van der Waals surface area contributed by atoms with Gasteiger partial charge in [-0.2, -0.15) is 0 Å². The van der Waals surface area contributed by atoms with E-state index < -0.39 is 0 Å². The molecule has 0 bridgehead atoms. The van der Waals surface area contributed by atoms with E-state index in [2.05, 4.69) is 25.9 Å². The van der Waals surface area contributed by atoms with Gasteiger partial charge in [-0.15, -0.1) is 21.5 Å². The quantitative estimate of drug-likeness (QED) is 0.526. The van der Waals surface area contributed by atoms with Gasteiger partial charge < -0.3 is 10.1 Å². The number of thioether (sulfide) groups is 1. The van der Waals surface area contributed by atoms with E-state index in [1.165, 1.54) is 40.8 Å². The second kappa shape index (κ2) is 8.78. The van der Waals surface area contributed by atoms with Crippen molar-refractivity contribution in [1.29, 1.82) is 0 Å². The van der Waals surface area contributed by atoms with E-state index in [1.807, 2.05) is 13.8 Å². The van der Waals surface area contributed by atoms with Crippen molar-refractivity contribution < 1.29 is 9.53 Å². The van der Waals surface area contributed by atoms with Crippen molar-refractivity contribution in [2.24, 2.45) is 0 Å². The number of hydrogen-bond donors (Lipinski definition) is 2. The lowest BCUT2D eigenvalue weighted by atomic mass is 10.2. The Hall–Kier alpha value is -2.02. The second-order valence-electron chi connectivity index (χ2n) is 6.60. The predicted octanol–water partition coefficient (Wildman–Crippen LogP) is 2.38. The van der Waals surface area contributed by atoms with Crippen LogP contribution in [0.4, 0.5) is 5.13 Å². The van der Waals surface area contributed by atoms with Crippen LogP contribution in [-0.4, -0.2) is 50.8 Å². The van der Waals surface area contributed by atoms with Crippen LogP contribution < -0.4 is 16.3 Å². The van der Waals surface area contributed by atoms with Crippen LogP contribution in [0.5, 0.6) is 0 Å². The third-order valence-electron chi connectivity index (χ3n) is 4.57. The number of anilines is 1. The summed E-state index contributed by atoms with van der Waals surface area (Å²) < 4.78 is 7.38. The lowest BCUT2D eigenvalue weighted by molar-refractivity contribution is -0.114. The van der Waals surface area contributed by atoms with Crippen LogP contribution in [0.3, 0.4) is 0 Å². The van der Waals surface area contributed by atoms with Gasteiger partial charge in [0.05, 0.1) is 17.2 Å². The standard InChI is InChI=1S/C17H20N6O3S3/c1-9-10(2)28-14-13(9)15(25)23(8-19-14)22-12(24)7-27-17-21-20-16(29-17)18-6-11-4-3-5-26-11/h8,11H,3-7H2,1-2H3,(H,18,20)(H,22,24)/t11-/m1/s1. The summed E-state index contributed by atoms with van der Waals surface area (Å²) in [6.45, 7) is 5.36. The van der Waals surface area contributed by atoms with Crippen LogP contribution in [-0.2, 0) is 9.53 Å². The molecular weight excluding hydrogens is 432 g/mol. The Morgan fingerprint density at radius 3 is 3.03 bits per heavy atom. The van der Waals surface area contributed by atoms with Gasteiger partial charge in [-0.25, -0.2) is 9.66 Å². The summed E-state index contributed by atoms with van der Waals surface area (Å²) in [5.74, 6) is -0.195. The van der Waals surface area contributed by atoms with Crippen molar-refractivity contribution in [3.8, 4) is 0 Å². The summed E-state index contributed by atoms with van der Waals surface area (Å²) in [6.07, 6.45) is 3.72. The number of thiophene rings is 1. The van der Waals surface area contributed by atoms with Crippen molar-refractivity contribution >= 4 is 55.7 Å². The van der Waals surface area contributed by atoms with E-state index in [0.29, 0.717) is 26.2 Å². The maximum absolute atomic E-state index is 12.6. The molecule has 0 aliphatic carbocycles. The molecule has 1 amide bonds. The minimum Gasteiger partial charge on any atom is -0.376 e. The molecular formula is C17H20N6O3S3. The molecule has 0 radical (unpaired) electrons. The average Bonchev–Trinajstić information content (AvgIpc) is 3.43. The monoisotopic (exact) mass is 452 g/mol. The zero-order chi connectivity index (χ0) is 20.4. The largest absolute Gasteiger partial charge is 0.376 e. The first-order valence-corrected chi connectivity index (χ1v) is 11.7. The normalized spacial score (nSPS) is 16.4. The van der Waals surface area contributed by atoms with Gasteiger partial charge in [0.25, 0.3) is 5.56 Å². The van der Waals surface area contributed by atoms with Gasteiger partial charge >= 0.3 is 0 Å². The summed E-state index contributed by atoms with van der Waals surface area (Å²) in [7, 11) is 0. The Labute approximate surface area is 178 Å². The fraction of sp³-hybridized carbons (Fsp3) is 0.471. The van der Waals surface area contributed by atoms with Gasteiger partial charge in [0.2, 0.25) is 11.0 Å². The summed E-state index contributed by atoms with van der Waals surface area (Å²) in [5, 5.41) is 12.6. The predicted molar refractivity (Wildman–Crippen MR) is 116 cm³/mol. The van der Waals surface area contributed by atoms with Crippen molar-refractivity contribution in [2.75, 3.05) is 29.6 Å². The zero-order valence-corrected chi connectivity index (χ0v) is 18.4. The lowest BCUT2D eigenvalue weighted by Gasteiger charge is -2.08. The number of aromatic nitrogens is 4. The molecule has 154 valence electrons. The van der Waals surface area contributed by atoms with E-state index in [0.717, 1.165) is 34.6 Å². The van der Waals surface area contributed by atoms with Crippen molar-refractivity contribution in [1.82, 2.24) is 19.9 Å². The fourth-order valence-electron chi connectivity index (χ4n) is 2.95. The Balaban J connectivity index is 1.32. The molecule has 3 aromatic heterocycles. The molecule has 1 saturated heterocycles. The Morgan fingerprint density at radius 2 is 2.24 bits per heavy atom. The summed E-state index contributed by atoms with van der Waals surface area (Å²) in [6, 6.07) is 0. The van der Waals surface area contributed by atoms with E-state index in [1.54, 1.807) is 0 Å². The van der Waals surface area contributed by atoms with E-state index >= 15 is 0 Å². The van der Waals surface area contributed by atoms with Gasteiger partial charge in [-0.3, -0.25) is 15.0 Å². The maximum atomic E-state index is 12.6. The summed E-state index contributed by atoms with van der Waals surface area (Å²) in [4.78, 5) is 30.9. The molecule has 4 rings (SSSR count). The van der Waals surface area contributed by atoms with Gasteiger partial charge in [-0.05, 0) is 32.3 Å². The molecule has 1 aliphatic rings. The molecule has 3 aromatic rings. The van der Waals surface area contributed by atoms with Crippen molar-refractivity contribution in [3.63, 3.8) is 0 Å². The lowest BCUT2D eigenvalue weighted by Crippen LogP contribution is -2.34. The Morgan fingerprint density at radius 1 is 1.38 bits per heavy atom. The highest BCUT2D eigenvalue weighted by atomic mass is 32.2. The topological polar surface area (TPSA) is 111 Å². The number of aryl methyl sites for hydroxylation is 2. The molecule has 2 N–H and O–H groups in total. The number of fused-ring (bicyclic) bond motifs is 1. The van der Waals surface area contributed by atoms with E-state index in [4.69, 9.17) is 4.74 Å².